The summed E-state index contributed by atoms with van der Waals surface area (Å²) in [5.41, 5.74) is 1.88. The number of aromatic nitrogens is 1. The maximum absolute atomic E-state index is 12.5. The highest BCUT2D eigenvalue weighted by Gasteiger charge is 2.15. The van der Waals surface area contributed by atoms with Gasteiger partial charge in [-0.25, -0.2) is 0 Å². The molecule has 2 aromatic carbocycles. The number of hydrogen-bond donors (Lipinski definition) is 2. The molecule has 1 atom stereocenters. The number of pyridine rings is 1. The summed E-state index contributed by atoms with van der Waals surface area (Å²) >= 11 is 10.6. The maximum atomic E-state index is 12.5. The first-order valence-electron chi connectivity index (χ1n) is 8.19. The molecule has 1 N–H and O–H groups in total. The van der Waals surface area contributed by atoms with Gasteiger partial charge in [0.15, 0.2) is 0 Å². The molecule has 3 aromatic rings. The molecular weight excluding hydrogens is 352 g/mol. The molecule has 3 rings (SSSR count). The van der Waals surface area contributed by atoms with Crippen LogP contribution in [0, 0.1) is 0 Å². The summed E-state index contributed by atoms with van der Waals surface area (Å²) in [5, 5.41) is 5.37. The third-order valence-electron chi connectivity index (χ3n) is 4.26. The van der Waals surface area contributed by atoms with E-state index in [-0.39, 0.29) is 11.8 Å². The number of anilines is 1. The number of hydrogen-bond acceptors (Lipinski definition) is 3. The molecule has 128 valence electrons. The van der Waals surface area contributed by atoms with E-state index in [1.807, 2.05) is 42.5 Å². The molecule has 0 aliphatic rings. The molecule has 3 nitrogen and oxygen atoms in total. The Balaban J connectivity index is 1.74. The Morgan fingerprint density at radius 3 is 2.84 bits per heavy atom. The van der Waals surface area contributed by atoms with E-state index < -0.39 is 0 Å². The van der Waals surface area contributed by atoms with Crippen molar-refractivity contribution in [3.8, 4) is 0 Å². The van der Waals surface area contributed by atoms with E-state index in [2.05, 4.69) is 29.9 Å². The van der Waals surface area contributed by atoms with E-state index in [1.54, 1.807) is 12.4 Å². The number of nitrogens with zero attached hydrogens (tertiary/aromatic N) is 1. The summed E-state index contributed by atoms with van der Waals surface area (Å²) in [4.78, 5) is 17.5. The van der Waals surface area contributed by atoms with Crippen molar-refractivity contribution in [3.63, 3.8) is 0 Å². The van der Waals surface area contributed by atoms with Crippen LogP contribution in [0.1, 0.15) is 31.2 Å². The predicted octanol–water partition coefficient (Wildman–Crippen LogP) is 5.70. The van der Waals surface area contributed by atoms with Crippen molar-refractivity contribution in [1.29, 1.82) is 0 Å². The molecule has 0 bridgehead atoms. The van der Waals surface area contributed by atoms with Crippen LogP contribution < -0.4 is 5.32 Å². The van der Waals surface area contributed by atoms with E-state index >= 15 is 0 Å². The standard InChI is InChI=1S/C20H19ClN2OS/c1-2-13(14-4-3-5-17(25)8-14)9-20(24)23-16-7-6-15-11-22-12-19(21)18(15)10-16/h3-8,10-13,25H,2,9H2,1H3,(H,23,24)/t13-/m0/s1. The Labute approximate surface area is 157 Å². The molecule has 1 amide bonds. The molecule has 1 heterocycles. The quantitative estimate of drug-likeness (QED) is 0.565. The highest BCUT2D eigenvalue weighted by molar-refractivity contribution is 7.80. The number of rotatable bonds is 5. The molecule has 0 spiro atoms. The number of fused-ring (bicyclic) bond motifs is 1. The second-order valence-electron chi connectivity index (χ2n) is 6.01. The first kappa shape index (κ1) is 17.8. The zero-order valence-electron chi connectivity index (χ0n) is 13.9. The van der Waals surface area contributed by atoms with E-state index in [1.165, 1.54) is 0 Å². The van der Waals surface area contributed by atoms with Gasteiger partial charge < -0.3 is 5.32 Å². The summed E-state index contributed by atoms with van der Waals surface area (Å²) in [6, 6.07) is 13.6. The Morgan fingerprint density at radius 1 is 1.24 bits per heavy atom. The van der Waals surface area contributed by atoms with E-state index in [0.717, 1.165) is 33.3 Å². The van der Waals surface area contributed by atoms with Crippen LogP contribution in [-0.2, 0) is 4.79 Å². The van der Waals surface area contributed by atoms with Crippen LogP contribution in [0.5, 0.6) is 0 Å². The lowest BCUT2D eigenvalue weighted by atomic mass is 9.93. The zero-order valence-corrected chi connectivity index (χ0v) is 15.5. The second kappa shape index (κ2) is 7.89. The van der Waals surface area contributed by atoms with Gasteiger partial charge in [-0.05, 0) is 42.2 Å². The first-order chi connectivity index (χ1) is 12.1. The zero-order chi connectivity index (χ0) is 17.8. The van der Waals surface area contributed by atoms with Crippen LogP contribution in [-0.4, -0.2) is 10.9 Å². The first-order valence-corrected chi connectivity index (χ1v) is 9.01. The lowest BCUT2D eigenvalue weighted by Crippen LogP contribution is -2.15. The second-order valence-corrected chi connectivity index (χ2v) is 6.93. The van der Waals surface area contributed by atoms with Gasteiger partial charge in [-0.2, -0.15) is 0 Å². The van der Waals surface area contributed by atoms with Gasteiger partial charge in [-0.15, -0.1) is 12.6 Å². The van der Waals surface area contributed by atoms with Gasteiger partial charge in [0.25, 0.3) is 0 Å². The van der Waals surface area contributed by atoms with E-state index in [9.17, 15) is 4.79 Å². The van der Waals surface area contributed by atoms with Gasteiger partial charge in [0.1, 0.15) is 0 Å². The normalized spacial score (nSPS) is 12.1. The fraction of sp³-hybridized carbons (Fsp3) is 0.200. The minimum Gasteiger partial charge on any atom is -0.326 e. The number of amides is 1. The minimum absolute atomic E-state index is 0.0130. The lowest BCUT2D eigenvalue weighted by Gasteiger charge is -2.16. The number of carbonyl (C=O) groups is 1. The molecule has 1 aromatic heterocycles. The van der Waals surface area contributed by atoms with Crippen molar-refractivity contribution in [2.75, 3.05) is 5.32 Å². The third kappa shape index (κ3) is 4.33. The van der Waals surface area contributed by atoms with E-state index in [4.69, 9.17) is 11.6 Å². The number of benzene rings is 2. The van der Waals surface area contributed by atoms with Crippen molar-refractivity contribution in [2.24, 2.45) is 0 Å². The van der Waals surface area contributed by atoms with Crippen molar-refractivity contribution < 1.29 is 4.79 Å². The highest BCUT2D eigenvalue weighted by Crippen LogP contribution is 2.27. The third-order valence-corrected chi connectivity index (χ3v) is 4.84. The molecule has 5 heteroatoms. The molecular formula is C20H19ClN2OS. The lowest BCUT2D eigenvalue weighted by molar-refractivity contribution is -0.116. The number of halogens is 1. The molecule has 0 unspecified atom stereocenters. The van der Waals surface area contributed by atoms with Gasteiger partial charge in [-0.3, -0.25) is 9.78 Å². The highest BCUT2D eigenvalue weighted by atomic mass is 35.5. The molecule has 0 aliphatic carbocycles. The van der Waals surface area contributed by atoms with Crippen LogP contribution in [0.4, 0.5) is 5.69 Å². The monoisotopic (exact) mass is 370 g/mol. The Hall–Kier alpha value is -2.04. The fourth-order valence-corrected chi connectivity index (χ4v) is 3.37. The summed E-state index contributed by atoms with van der Waals surface area (Å²) in [6.45, 7) is 2.09. The summed E-state index contributed by atoms with van der Waals surface area (Å²) < 4.78 is 0. The number of nitrogens with one attached hydrogen (secondary N) is 1. The van der Waals surface area contributed by atoms with Gasteiger partial charge >= 0.3 is 0 Å². The fourth-order valence-electron chi connectivity index (χ4n) is 2.92. The molecule has 0 fully saturated rings. The topological polar surface area (TPSA) is 42.0 Å². The maximum Gasteiger partial charge on any atom is 0.224 e. The van der Waals surface area contributed by atoms with Gasteiger partial charge in [0, 0.05) is 40.2 Å². The van der Waals surface area contributed by atoms with Crippen molar-refractivity contribution in [2.45, 2.75) is 30.6 Å². The number of carbonyl (C=O) groups excluding carboxylic acids is 1. The van der Waals surface area contributed by atoms with Crippen molar-refractivity contribution in [1.82, 2.24) is 4.98 Å². The molecule has 0 saturated heterocycles. The van der Waals surface area contributed by atoms with Crippen LogP contribution in [0.15, 0.2) is 59.8 Å². The molecule has 25 heavy (non-hydrogen) atoms. The predicted molar refractivity (Wildman–Crippen MR) is 107 cm³/mol. The van der Waals surface area contributed by atoms with Crippen LogP contribution in [0.3, 0.4) is 0 Å². The molecule has 0 aliphatic heterocycles. The average Bonchev–Trinajstić information content (AvgIpc) is 2.60. The summed E-state index contributed by atoms with van der Waals surface area (Å²) in [5.74, 6) is 0.154. The van der Waals surface area contributed by atoms with Gasteiger partial charge in [0.2, 0.25) is 5.91 Å². The minimum atomic E-state index is -0.0130. The van der Waals surface area contributed by atoms with Crippen molar-refractivity contribution >= 4 is 46.6 Å². The van der Waals surface area contributed by atoms with Crippen LogP contribution >= 0.6 is 24.2 Å². The SMILES string of the molecule is CC[C@@H](CC(=O)Nc1ccc2cncc(Cl)c2c1)c1cccc(S)c1. The van der Waals surface area contributed by atoms with Gasteiger partial charge in [-0.1, -0.05) is 36.7 Å². The Bertz CT molecular complexity index is 913. The average molecular weight is 371 g/mol. The van der Waals surface area contributed by atoms with Crippen LogP contribution in [0.2, 0.25) is 5.02 Å². The smallest absolute Gasteiger partial charge is 0.224 e. The van der Waals surface area contributed by atoms with E-state index in [0.29, 0.717) is 11.4 Å². The Morgan fingerprint density at radius 2 is 2.08 bits per heavy atom. The molecule has 0 saturated carbocycles. The summed E-state index contributed by atoms with van der Waals surface area (Å²) in [6.07, 6.45) is 4.67. The summed E-state index contributed by atoms with van der Waals surface area (Å²) in [7, 11) is 0. The van der Waals surface area contributed by atoms with Crippen LogP contribution in [0.25, 0.3) is 10.8 Å². The number of thiol groups is 1. The Kier molecular flexibility index (Phi) is 5.61. The van der Waals surface area contributed by atoms with Gasteiger partial charge in [0.05, 0.1) is 5.02 Å². The van der Waals surface area contributed by atoms with Crippen molar-refractivity contribution in [3.05, 3.63) is 65.4 Å². The largest absolute Gasteiger partial charge is 0.326 e. The molecule has 0 radical (unpaired) electrons.